The molecule has 0 aromatic rings. The number of hydrogen-bond acceptors (Lipinski definition) is 16. The third-order valence-corrected chi connectivity index (χ3v) is 5.78. The Labute approximate surface area is 298 Å². The van der Waals surface area contributed by atoms with Crippen LogP contribution < -0.4 is 0 Å². The maximum absolute atomic E-state index is 10.3. The Morgan fingerprint density at radius 3 is 0.560 bits per heavy atom. The van der Waals surface area contributed by atoms with Crippen LogP contribution in [-0.2, 0) is 75.8 Å². The fraction of sp³-hybridized carbons (Fsp3) is 0.970. The molecule has 0 unspecified atom stereocenters. The van der Waals surface area contributed by atoms with Gasteiger partial charge < -0.3 is 76.2 Å². The lowest BCUT2D eigenvalue weighted by Crippen LogP contribution is -2.16. The van der Waals surface area contributed by atoms with Gasteiger partial charge in [0, 0.05) is 6.61 Å². The topological polar surface area (TPSA) is 176 Å². The average molecular weight is 735 g/mol. The van der Waals surface area contributed by atoms with Gasteiger partial charge in [0.1, 0.15) is 6.61 Å². The first-order valence-corrected chi connectivity index (χ1v) is 17.6. The molecule has 0 aliphatic heterocycles. The lowest BCUT2D eigenvalue weighted by Gasteiger charge is -2.09. The van der Waals surface area contributed by atoms with E-state index in [4.69, 9.17) is 76.2 Å². The number of rotatable bonds is 46. The first-order valence-electron chi connectivity index (χ1n) is 17.6. The zero-order valence-corrected chi connectivity index (χ0v) is 30.4. The van der Waals surface area contributed by atoms with Crippen LogP contribution in [0.2, 0.25) is 0 Å². The molecule has 0 aromatic heterocycles. The van der Waals surface area contributed by atoms with E-state index >= 15 is 0 Å². The maximum Gasteiger partial charge on any atom is 0.329 e. The zero-order valence-electron chi connectivity index (χ0n) is 30.4. The van der Waals surface area contributed by atoms with Crippen molar-refractivity contribution < 1.29 is 81.0 Å². The molecule has 0 radical (unpaired) electrons. The van der Waals surface area contributed by atoms with Crippen LogP contribution >= 0.6 is 0 Å². The summed E-state index contributed by atoms with van der Waals surface area (Å²) in [7, 11) is 0. The monoisotopic (exact) mass is 734 g/mol. The largest absolute Gasteiger partial charge is 0.480 e. The van der Waals surface area contributed by atoms with E-state index in [-0.39, 0.29) is 13.2 Å². The second-order valence-electron chi connectivity index (χ2n) is 10.0. The minimum Gasteiger partial charge on any atom is -0.480 e. The average Bonchev–Trinajstić information content (AvgIpc) is 3.11. The normalized spacial score (nSPS) is 11.5. The summed E-state index contributed by atoms with van der Waals surface area (Å²) in [5, 5.41) is 8.43. The molecule has 0 aliphatic carbocycles. The van der Waals surface area contributed by atoms with Gasteiger partial charge in [0.25, 0.3) is 0 Å². The SMILES string of the molecule is CCCOCCOCCOCCOCCOCCOCCOCCOCCOCCOCCOCCOCCOCCOCCOCC(=O)O. The molecule has 17 heteroatoms. The van der Waals surface area contributed by atoms with Crippen molar-refractivity contribution in [2.24, 2.45) is 0 Å². The standard InChI is InChI=1S/C33H66O17/c1-2-3-36-4-5-37-6-7-38-8-9-39-10-11-40-12-13-41-14-15-42-16-17-43-18-19-44-20-21-45-22-23-46-24-25-47-26-27-48-28-29-49-30-31-50-32-33(34)35/h2-32H2,1H3,(H,34,35). The molecule has 0 saturated carbocycles. The van der Waals surface area contributed by atoms with Gasteiger partial charge in [-0.15, -0.1) is 0 Å². The molecule has 17 nitrogen and oxygen atoms in total. The Kier molecular flexibility index (Phi) is 44.9. The minimum absolute atomic E-state index is 0.239. The van der Waals surface area contributed by atoms with Crippen LogP contribution in [-0.4, -0.2) is 209 Å². The van der Waals surface area contributed by atoms with Crippen LogP contribution in [0.4, 0.5) is 0 Å². The number of hydrogen-bond donors (Lipinski definition) is 1. The molecule has 0 amide bonds. The molecule has 0 heterocycles. The van der Waals surface area contributed by atoms with Crippen molar-refractivity contribution in [2.45, 2.75) is 13.3 Å². The van der Waals surface area contributed by atoms with Crippen LogP contribution in [0, 0.1) is 0 Å². The summed E-state index contributed by atoms with van der Waals surface area (Å²) in [6, 6.07) is 0. The molecule has 0 aromatic carbocycles. The Bertz CT molecular complexity index is 635. The number of carboxylic acids is 1. The molecule has 0 aliphatic rings. The fourth-order valence-corrected chi connectivity index (χ4v) is 3.38. The molecule has 0 saturated heterocycles. The molecule has 0 fully saturated rings. The van der Waals surface area contributed by atoms with Crippen LogP contribution in [0.15, 0.2) is 0 Å². The summed E-state index contributed by atoms with van der Waals surface area (Å²) in [4.78, 5) is 10.3. The van der Waals surface area contributed by atoms with Gasteiger partial charge in [-0.25, -0.2) is 4.79 Å². The molecular weight excluding hydrogens is 668 g/mol. The lowest BCUT2D eigenvalue weighted by atomic mass is 10.5. The summed E-state index contributed by atoms with van der Waals surface area (Å²) < 4.78 is 80.8. The minimum atomic E-state index is -0.997. The van der Waals surface area contributed by atoms with E-state index in [1.165, 1.54) is 0 Å². The number of carbonyl (C=O) groups is 1. The van der Waals surface area contributed by atoms with Gasteiger partial charge in [-0.05, 0) is 6.42 Å². The Balaban J connectivity index is 3.05. The Morgan fingerprint density at radius 1 is 0.280 bits per heavy atom. The van der Waals surface area contributed by atoms with Crippen molar-refractivity contribution in [2.75, 3.05) is 198 Å². The summed E-state index contributed by atoms with van der Waals surface area (Å²) in [6.07, 6.45) is 1.02. The predicted octanol–water partition coefficient (Wildman–Crippen LogP) is 0.730. The quantitative estimate of drug-likeness (QED) is 0.0866. The molecular formula is C33H66O17. The van der Waals surface area contributed by atoms with Gasteiger partial charge in [-0.2, -0.15) is 0 Å². The molecule has 0 bridgehead atoms. The Morgan fingerprint density at radius 2 is 0.420 bits per heavy atom. The van der Waals surface area contributed by atoms with E-state index in [0.717, 1.165) is 13.0 Å². The molecule has 50 heavy (non-hydrogen) atoms. The van der Waals surface area contributed by atoms with Gasteiger partial charge in [0.2, 0.25) is 0 Å². The third kappa shape index (κ3) is 46.9. The van der Waals surface area contributed by atoms with Crippen LogP contribution in [0.25, 0.3) is 0 Å². The molecule has 300 valence electrons. The van der Waals surface area contributed by atoms with E-state index in [9.17, 15) is 4.79 Å². The highest BCUT2D eigenvalue weighted by Crippen LogP contribution is 1.88. The summed E-state index contributed by atoms with van der Waals surface area (Å²) >= 11 is 0. The van der Waals surface area contributed by atoms with Crippen LogP contribution in [0.5, 0.6) is 0 Å². The van der Waals surface area contributed by atoms with Crippen molar-refractivity contribution in [3.8, 4) is 0 Å². The van der Waals surface area contributed by atoms with Crippen molar-refractivity contribution in [3.05, 3.63) is 0 Å². The van der Waals surface area contributed by atoms with Crippen molar-refractivity contribution in [1.29, 1.82) is 0 Å². The summed E-state index contributed by atoms with van der Waals surface area (Å²) in [5.41, 5.74) is 0. The van der Waals surface area contributed by atoms with Gasteiger partial charge in [0.05, 0.1) is 185 Å². The van der Waals surface area contributed by atoms with Gasteiger partial charge in [-0.1, -0.05) is 6.92 Å². The highest BCUT2D eigenvalue weighted by atomic mass is 16.6. The second kappa shape index (κ2) is 45.9. The molecule has 0 atom stereocenters. The van der Waals surface area contributed by atoms with Crippen LogP contribution in [0.3, 0.4) is 0 Å². The number of aliphatic carboxylic acids is 1. The van der Waals surface area contributed by atoms with Gasteiger partial charge >= 0.3 is 5.97 Å². The molecule has 0 rings (SSSR count). The van der Waals surface area contributed by atoms with Gasteiger partial charge in [-0.3, -0.25) is 0 Å². The third-order valence-electron chi connectivity index (χ3n) is 5.78. The zero-order chi connectivity index (χ0) is 36.1. The van der Waals surface area contributed by atoms with Crippen molar-refractivity contribution >= 4 is 5.97 Å². The maximum atomic E-state index is 10.3. The Hall–Kier alpha value is -1.13. The summed E-state index contributed by atoms with van der Waals surface area (Å²) in [5.74, 6) is -0.997. The highest BCUT2D eigenvalue weighted by molar-refractivity contribution is 5.67. The van der Waals surface area contributed by atoms with Gasteiger partial charge in [0.15, 0.2) is 0 Å². The smallest absolute Gasteiger partial charge is 0.329 e. The summed E-state index contributed by atoms with van der Waals surface area (Å²) in [6.45, 7) is 16.1. The van der Waals surface area contributed by atoms with Crippen molar-refractivity contribution in [1.82, 2.24) is 0 Å². The first kappa shape index (κ1) is 48.9. The van der Waals surface area contributed by atoms with E-state index in [0.29, 0.717) is 178 Å². The lowest BCUT2D eigenvalue weighted by molar-refractivity contribution is -0.142. The number of ether oxygens (including phenoxy) is 15. The molecule has 0 spiro atoms. The predicted molar refractivity (Wildman–Crippen MR) is 180 cm³/mol. The van der Waals surface area contributed by atoms with E-state index in [1.807, 2.05) is 0 Å². The first-order chi connectivity index (χ1) is 24.8. The fourth-order valence-electron chi connectivity index (χ4n) is 3.38. The second-order valence-corrected chi connectivity index (χ2v) is 10.0. The van der Waals surface area contributed by atoms with E-state index in [1.54, 1.807) is 0 Å². The van der Waals surface area contributed by atoms with Crippen LogP contribution in [0.1, 0.15) is 13.3 Å². The highest BCUT2D eigenvalue weighted by Gasteiger charge is 1.98. The number of carboxylic acid groups (broad SMARTS) is 1. The van der Waals surface area contributed by atoms with E-state index < -0.39 is 5.97 Å². The van der Waals surface area contributed by atoms with Crippen molar-refractivity contribution in [3.63, 3.8) is 0 Å². The van der Waals surface area contributed by atoms with E-state index in [2.05, 4.69) is 6.92 Å². The molecule has 1 N–H and O–H groups in total.